The van der Waals surface area contributed by atoms with Crippen LogP contribution in [0.25, 0.3) is 0 Å². The molecule has 0 aliphatic carbocycles. The average molecular weight is 540 g/mol. The maximum atomic E-state index is 13.5. The fraction of sp³-hybridized carbons (Fsp3) is 0.300. The highest BCUT2D eigenvalue weighted by atomic mass is 16.2. The first-order valence-corrected chi connectivity index (χ1v) is 13.7. The molecule has 0 unspecified atom stereocenters. The van der Waals surface area contributed by atoms with Crippen LogP contribution in [0, 0.1) is 0 Å². The number of para-hydroxylation sites is 3. The standard InChI is InChI=1S/C30H33N7O3/c38-28(31-22-10-4-1-5-11-22)34-19-16-26-36(30(40)33-24-14-8-3-9-15-24)21-18-27-35(20-17-25(34)37(26)27)29(39)32-23-12-6-2-7-13-23/h1-15,25-27H,16-21H2,(H,31,38)(H,32,39)(H,33,40)/t25-,26-,27-/m1/s1. The van der Waals surface area contributed by atoms with E-state index in [-0.39, 0.29) is 36.6 Å². The highest BCUT2D eigenvalue weighted by molar-refractivity contribution is 5.91. The average Bonchev–Trinajstić information content (AvgIpc) is 2.99. The zero-order chi connectivity index (χ0) is 27.5. The lowest BCUT2D eigenvalue weighted by Crippen LogP contribution is -2.76. The molecule has 3 N–H and O–H groups in total. The van der Waals surface area contributed by atoms with E-state index >= 15 is 0 Å². The summed E-state index contributed by atoms with van der Waals surface area (Å²) in [7, 11) is 0. The second kappa shape index (κ2) is 11.3. The number of rotatable bonds is 3. The zero-order valence-corrected chi connectivity index (χ0v) is 22.1. The van der Waals surface area contributed by atoms with Gasteiger partial charge in [0.25, 0.3) is 0 Å². The number of carbonyl (C=O) groups is 3. The molecule has 40 heavy (non-hydrogen) atoms. The summed E-state index contributed by atoms with van der Waals surface area (Å²) < 4.78 is 0. The summed E-state index contributed by atoms with van der Waals surface area (Å²) in [5.41, 5.74) is 2.19. The monoisotopic (exact) mass is 539 g/mol. The van der Waals surface area contributed by atoms with E-state index in [0.29, 0.717) is 38.9 Å². The van der Waals surface area contributed by atoms with E-state index in [1.807, 2.05) is 106 Å². The largest absolute Gasteiger partial charge is 0.323 e. The predicted octanol–water partition coefficient (Wildman–Crippen LogP) is 5.08. The number of anilines is 3. The Morgan fingerprint density at radius 1 is 0.475 bits per heavy atom. The van der Waals surface area contributed by atoms with Gasteiger partial charge in [-0.3, -0.25) is 0 Å². The SMILES string of the molecule is O=C(Nc1ccccc1)N1CC[C@@H]2N(C(=O)Nc3ccccc3)CC[C@@H]3N(C(=O)Nc4ccccc4)CC[C@H]1N23. The van der Waals surface area contributed by atoms with E-state index in [9.17, 15) is 14.4 Å². The van der Waals surface area contributed by atoms with Crippen molar-refractivity contribution in [2.45, 2.75) is 37.8 Å². The predicted molar refractivity (Wildman–Crippen MR) is 154 cm³/mol. The molecule has 10 heteroatoms. The number of hydrogen-bond acceptors (Lipinski definition) is 4. The molecule has 3 aromatic carbocycles. The van der Waals surface area contributed by atoms with Gasteiger partial charge in [-0.2, -0.15) is 0 Å². The van der Waals surface area contributed by atoms with E-state index in [1.54, 1.807) is 0 Å². The van der Waals surface area contributed by atoms with Crippen molar-refractivity contribution < 1.29 is 14.4 Å². The second-order valence-corrected chi connectivity index (χ2v) is 10.2. The van der Waals surface area contributed by atoms with Crippen LogP contribution < -0.4 is 16.0 Å². The molecule has 3 aromatic rings. The zero-order valence-electron chi connectivity index (χ0n) is 22.1. The minimum atomic E-state index is -0.249. The van der Waals surface area contributed by atoms with Crippen molar-refractivity contribution >= 4 is 35.2 Å². The van der Waals surface area contributed by atoms with Crippen LogP contribution in [0.3, 0.4) is 0 Å². The summed E-state index contributed by atoms with van der Waals surface area (Å²) in [5, 5.41) is 9.05. The van der Waals surface area contributed by atoms with E-state index in [2.05, 4.69) is 20.9 Å². The van der Waals surface area contributed by atoms with E-state index in [0.717, 1.165) is 17.1 Å². The molecule has 3 heterocycles. The number of amides is 6. The lowest BCUT2D eigenvalue weighted by molar-refractivity contribution is -0.164. The van der Waals surface area contributed by atoms with Crippen molar-refractivity contribution in [2.75, 3.05) is 35.6 Å². The van der Waals surface area contributed by atoms with Crippen LogP contribution in [0.1, 0.15) is 19.3 Å². The smallest absolute Gasteiger partial charge is 0.308 e. The van der Waals surface area contributed by atoms with Gasteiger partial charge in [-0.1, -0.05) is 54.6 Å². The van der Waals surface area contributed by atoms with Crippen LogP contribution in [0.5, 0.6) is 0 Å². The summed E-state index contributed by atoms with van der Waals surface area (Å²) in [6, 6.07) is 27.7. The lowest BCUT2D eigenvalue weighted by Gasteiger charge is -2.61. The maximum Gasteiger partial charge on any atom is 0.323 e. The highest BCUT2D eigenvalue weighted by Crippen LogP contribution is 2.37. The molecule has 10 nitrogen and oxygen atoms in total. The summed E-state index contributed by atoms with van der Waals surface area (Å²) in [6.07, 6.45) is 0.976. The molecule has 3 saturated heterocycles. The van der Waals surface area contributed by atoms with E-state index < -0.39 is 0 Å². The molecular weight excluding hydrogens is 506 g/mol. The van der Waals surface area contributed by atoms with Gasteiger partial charge in [0.05, 0.1) is 18.5 Å². The van der Waals surface area contributed by atoms with Crippen molar-refractivity contribution in [2.24, 2.45) is 0 Å². The van der Waals surface area contributed by atoms with Crippen LogP contribution in [-0.4, -0.2) is 75.8 Å². The Bertz CT molecular complexity index is 1180. The Balaban J connectivity index is 1.25. The van der Waals surface area contributed by atoms with Gasteiger partial charge in [-0.15, -0.1) is 0 Å². The Morgan fingerprint density at radius 2 is 0.750 bits per heavy atom. The van der Waals surface area contributed by atoms with Crippen molar-refractivity contribution in [3.63, 3.8) is 0 Å². The number of nitrogens with zero attached hydrogens (tertiary/aromatic N) is 4. The molecule has 6 rings (SSSR count). The van der Waals surface area contributed by atoms with Gasteiger partial charge in [0.2, 0.25) is 0 Å². The van der Waals surface area contributed by atoms with Crippen LogP contribution in [-0.2, 0) is 0 Å². The molecule has 0 radical (unpaired) electrons. The Hall–Kier alpha value is -4.57. The third-order valence-corrected chi connectivity index (χ3v) is 7.85. The van der Waals surface area contributed by atoms with Gasteiger partial charge in [0.15, 0.2) is 0 Å². The fourth-order valence-electron chi connectivity index (χ4n) is 6.07. The second-order valence-electron chi connectivity index (χ2n) is 10.2. The molecule has 0 saturated carbocycles. The number of urea groups is 3. The molecule has 3 aliphatic rings. The lowest BCUT2D eigenvalue weighted by atomic mass is 9.98. The Labute approximate surface area is 233 Å². The van der Waals surface area contributed by atoms with Crippen LogP contribution in [0.4, 0.5) is 31.4 Å². The van der Waals surface area contributed by atoms with E-state index in [4.69, 9.17) is 0 Å². The molecule has 3 aliphatic heterocycles. The minimum Gasteiger partial charge on any atom is -0.308 e. The normalized spacial score (nSPS) is 22.2. The first-order valence-electron chi connectivity index (χ1n) is 13.7. The third-order valence-electron chi connectivity index (χ3n) is 7.85. The molecule has 3 fully saturated rings. The summed E-state index contributed by atoms with van der Waals surface area (Å²) in [5.74, 6) is 0. The van der Waals surface area contributed by atoms with Gasteiger partial charge in [-0.05, 0) is 55.7 Å². The quantitative estimate of drug-likeness (QED) is 0.432. The fourth-order valence-corrected chi connectivity index (χ4v) is 6.07. The van der Waals surface area contributed by atoms with Crippen molar-refractivity contribution in [1.82, 2.24) is 19.6 Å². The number of hydrogen-bond donors (Lipinski definition) is 3. The van der Waals surface area contributed by atoms with Gasteiger partial charge in [0, 0.05) is 36.7 Å². The summed E-state index contributed by atoms with van der Waals surface area (Å²) >= 11 is 0. The van der Waals surface area contributed by atoms with Gasteiger partial charge < -0.3 is 30.7 Å². The first-order chi connectivity index (χ1) is 19.6. The number of benzene rings is 3. The van der Waals surface area contributed by atoms with E-state index in [1.165, 1.54) is 0 Å². The Morgan fingerprint density at radius 3 is 1.02 bits per heavy atom. The first kappa shape index (κ1) is 25.7. The molecule has 0 spiro atoms. The minimum absolute atomic E-state index is 0.179. The van der Waals surface area contributed by atoms with Crippen molar-refractivity contribution in [3.05, 3.63) is 91.0 Å². The molecule has 0 bridgehead atoms. The Kier molecular flexibility index (Phi) is 7.24. The van der Waals surface area contributed by atoms with Gasteiger partial charge in [-0.25, -0.2) is 19.3 Å². The molecular formula is C30H33N7O3. The highest BCUT2D eigenvalue weighted by Gasteiger charge is 2.52. The topological polar surface area (TPSA) is 100 Å². The maximum absolute atomic E-state index is 13.5. The van der Waals surface area contributed by atoms with Crippen LogP contribution in [0.2, 0.25) is 0 Å². The van der Waals surface area contributed by atoms with Crippen molar-refractivity contribution in [1.29, 1.82) is 0 Å². The van der Waals surface area contributed by atoms with Gasteiger partial charge in [0.1, 0.15) is 0 Å². The van der Waals surface area contributed by atoms with Gasteiger partial charge >= 0.3 is 18.1 Å². The molecule has 6 amide bonds. The van der Waals surface area contributed by atoms with Crippen LogP contribution in [0.15, 0.2) is 91.0 Å². The summed E-state index contributed by atoms with van der Waals surface area (Å²) in [6.45, 7) is 1.51. The molecule has 3 atom stereocenters. The third kappa shape index (κ3) is 5.17. The number of carbonyl (C=O) groups excluding carboxylic acids is 3. The number of nitrogens with one attached hydrogen (secondary N) is 3. The summed E-state index contributed by atoms with van der Waals surface area (Å²) in [4.78, 5) is 48.1. The van der Waals surface area contributed by atoms with Crippen molar-refractivity contribution in [3.8, 4) is 0 Å². The van der Waals surface area contributed by atoms with Crippen LogP contribution >= 0.6 is 0 Å². The molecule has 0 aromatic heterocycles. The molecule has 206 valence electrons.